The van der Waals surface area contributed by atoms with Crippen molar-refractivity contribution in [2.24, 2.45) is 0 Å². The summed E-state index contributed by atoms with van der Waals surface area (Å²) in [5, 5.41) is 13.2. The number of ether oxygens (including phenoxy) is 1. The lowest BCUT2D eigenvalue weighted by Crippen LogP contribution is -2.35. The highest BCUT2D eigenvalue weighted by Crippen LogP contribution is 2.23. The van der Waals surface area contributed by atoms with E-state index in [9.17, 15) is 9.50 Å². The van der Waals surface area contributed by atoms with Crippen LogP contribution < -0.4 is 10.1 Å². The molecule has 1 aromatic rings. The maximum atomic E-state index is 13.2. The first-order valence-corrected chi connectivity index (χ1v) is 5.84. The molecule has 0 saturated heterocycles. The van der Waals surface area contributed by atoms with Gasteiger partial charge in [-0.1, -0.05) is 13.8 Å². The van der Waals surface area contributed by atoms with Crippen molar-refractivity contribution < 1.29 is 14.2 Å². The van der Waals surface area contributed by atoms with Crippen LogP contribution in [0.25, 0.3) is 0 Å². The molecule has 0 heterocycles. The van der Waals surface area contributed by atoms with Gasteiger partial charge in [0, 0.05) is 18.3 Å². The highest BCUT2D eigenvalue weighted by atomic mass is 19.1. The minimum absolute atomic E-state index is 0.200. The van der Waals surface area contributed by atoms with Crippen molar-refractivity contribution in [1.29, 1.82) is 0 Å². The minimum atomic E-state index is -0.721. The Balaban J connectivity index is 2.69. The third-order valence-corrected chi connectivity index (χ3v) is 3.09. The maximum Gasteiger partial charge on any atom is 0.165 e. The normalized spacial score (nSPS) is 11.4. The van der Waals surface area contributed by atoms with Crippen LogP contribution in [0.1, 0.15) is 26.7 Å². The fourth-order valence-corrected chi connectivity index (χ4v) is 1.54. The molecule has 1 aromatic carbocycles. The van der Waals surface area contributed by atoms with Crippen LogP contribution >= 0.6 is 0 Å². The zero-order valence-electron chi connectivity index (χ0n) is 10.6. The summed E-state index contributed by atoms with van der Waals surface area (Å²) in [7, 11) is 1.43. The molecule has 0 bridgehead atoms. The molecule has 96 valence electrons. The standard InChI is InChI=1S/C13H20FNO2/c1-4-13(16,5-2)9-15-10-6-7-11(14)12(8-10)17-3/h6-8,15-16H,4-5,9H2,1-3H3. The van der Waals surface area contributed by atoms with Gasteiger partial charge in [0.1, 0.15) is 0 Å². The number of rotatable bonds is 6. The monoisotopic (exact) mass is 241 g/mol. The Morgan fingerprint density at radius 1 is 1.35 bits per heavy atom. The van der Waals surface area contributed by atoms with Gasteiger partial charge >= 0.3 is 0 Å². The molecular weight excluding hydrogens is 221 g/mol. The molecule has 0 unspecified atom stereocenters. The van der Waals surface area contributed by atoms with E-state index in [1.165, 1.54) is 13.2 Å². The van der Waals surface area contributed by atoms with Crippen molar-refractivity contribution in [3.05, 3.63) is 24.0 Å². The SMILES string of the molecule is CCC(O)(CC)CNc1ccc(F)c(OC)c1. The van der Waals surface area contributed by atoms with Gasteiger partial charge in [0.2, 0.25) is 0 Å². The molecular formula is C13H20FNO2. The smallest absolute Gasteiger partial charge is 0.165 e. The van der Waals surface area contributed by atoms with Gasteiger partial charge in [-0.05, 0) is 25.0 Å². The summed E-state index contributed by atoms with van der Waals surface area (Å²) in [6, 6.07) is 4.56. The van der Waals surface area contributed by atoms with Gasteiger partial charge in [-0.2, -0.15) is 0 Å². The van der Waals surface area contributed by atoms with E-state index < -0.39 is 5.60 Å². The predicted octanol–water partition coefficient (Wildman–Crippen LogP) is 2.80. The zero-order chi connectivity index (χ0) is 12.9. The molecule has 0 radical (unpaired) electrons. The zero-order valence-corrected chi connectivity index (χ0v) is 10.6. The van der Waals surface area contributed by atoms with Crippen LogP contribution in [0.3, 0.4) is 0 Å². The molecule has 0 amide bonds. The Morgan fingerprint density at radius 2 is 2.00 bits per heavy atom. The second kappa shape index (κ2) is 5.87. The Bertz CT molecular complexity index is 364. The molecule has 0 saturated carbocycles. The largest absolute Gasteiger partial charge is 0.494 e. The Labute approximate surface area is 102 Å². The van der Waals surface area contributed by atoms with E-state index in [4.69, 9.17) is 4.74 Å². The number of hydrogen-bond donors (Lipinski definition) is 2. The van der Waals surface area contributed by atoms with Gasteiger partial charge in [-0.3, -0.25) is 0 Å². The van der Waals surface area contributed by atoms with Crippen molar-refractivity contribution in [3.8, 4) is 5.75 Å². The molecule has 0 aromatic heterocycles. The van der Waals surface area contributed by atoms with E-state index in [0.29, 0.717) is 19.4 Å². The first kappa shape index (κ1) is 13.8. The number of aliphatic hydroxyl groups is 1. The number of benzene rings is 1. The Kier molecular flexibility index (Phi) is 4.75. The minimum Gasteiger partial charge on any atom is -0.494 e. The molecule has 4 heteroatoms. The summed E-state index contributed by atoms with van der Waals surface area (Å²) in [5.41, 5.74) is 0.0188. The van der Waals surface area contributed by atoms with Gasteiger partial charge in [0.15, 0.2) is 11.6 Å². The van der Waals surface area contributed by atoms with Gasteiger partial charge in [-0.25, -0.2) is 4.39 Å². The van der Waals surface area contributed by atoms with Crippen LogP contribution in [0.15, 0.2) is 18.2 Å². The lowest BCUT2D eigenvalue weighted by molar-refractivity contribution is 0.0457. The van der Waals surface area contributed by atoms with Crippen LogP contribution in [-0.4, -0.2) is 24.4 Å². The number of hydrogen-bond acceptors (Lipinski definition) is 3. The number of anilines is 1. The van der Waals surface area contributed by atoms with E-state index in [-0.39, 0.29) is 11.6 Å². The molecule has 3 nitrogen and oxygen atoms in total. The summed E-state index contributed by atoms with van der Waals surface area (Å²) in [6.07, 6.45) is 1.35. The van der Waals surface area contributed by atoms with E-state index in [1.54, 1.807) is 12.1 Å². The average Bonchev–Trinajstić information content (AvgIpc) is 2.37. The number of methoxy groups -OCH3 is 1. The predicted molar refractivity (Wildman–Crippen MR) is 67.0 cm³/mol. The first-order chi connectivity index (χ1) is 8.04. The third-order valence-electron chi connectivity index (χ3n) is 3.09. The van der Waals surface area contributed by atoms with Crippen molar-refractivity contribution in [2.75, 3.05) is 19.0 Å². The molecule has 0 atom stereocenters. The van der Waals surface area contributed by atoms with Crippen molar-refractivity contribution in [3.63, 3.8) is 0 Å². The summed E-state index contributed by atoms with van der Waals surface area (Å²) >= 11 is 0. The number of halogens is 1. The summed E-state index contributed by atoms with van der Waals surface area (Å²) in [5.74, 6) is -0.189. The van der Waals surface area contributed by atoms with E-state index in [0.717, 1.165) is 5.69 Å². The lowest BCUT2D eigenvalue weighted by atomic mass is 9.97. The van der Waals surface area contributed by atoms with Crippen molar-refractivity contribution in [1.82, 2.24) is 0 Å². The lowest BCUT2D eigenvalue weighted by Gasteiger charge is -2.26. The molecule has 0 aliphatic carbocycles. The Hall–Kier alpha value is -1.29. The highest BCUT2D eigenvalue weighted by molar-refractivity contribution is 5.49. The number of nitrogens with one attached hydrogen (secondary N) is 1. The van der Waals surface area contributed by atoms with Crippen LogP contribution in [0, 0.1) is 5.82 Å². The third kappa shape index (κ3) is 3.60. The fraction of sp³-hybridized carbons (Fsp3) is 0.538. The quantitative estimate of drug-likeness (QED) is 0.804. The Morgan fingerprint density at radius 3 is 2.53 bits per heavy atom. The van der Waals surface area contributed by atoms with Crippen molar-refractivity contribution in [2.45, 2.75) is 32.3 Å². The summed E-state index contributed by atoms with van der Waals surface area (Å²) < 4.78 is 18.1. The van der Waals surface area contributed by atoms with Gasteiger partial charge < -0.3 is 15.2 Å². The second-order valence-corrected chi connectivity index (χ2v) is 4.13. The molecule has 0 aliphatic heterocycles. The first-order valence-electron chi connectivity index (χ1n) is 5.84. The van der Waals surface area contributed by atoms with Crippen LogP contribution in [0.4, 0.5) is 10.1 Å². The highest BCUT2D eigenvalue weighted by Gasteiger charge is 2.21. The molecule has 0 aliphatic rings. The topological polar surface area (TPSA) is 41.5 Å². The molecule has 17 heavy (non-hydrogen) atoms. The van der Waals surface area contributed by atoms with Crippen LogP contribution in [-0.2, 0) is 0 Å². The van der Waals surface area contributed by atoms with E-state index in [1.807, 2.05) is 13.8 Å². The van der Waals surface area contributed by atoms with Crippen LogP contribution in [0.5, 0.6) is 5.75 Å². The van der Waals surface area contributed by atoms with Gasteiger partial charge in [0.25, 0.3) is 0 Å². The van der Waals surface area contributed by atoms with Gasteiger partial charge in [0.05, 0.1) is 12.7 Å². The fourth-order valence-electron chi connectivity index (χ4n) is 1.54. The van der Waals surface area contributed by atoms with Crippen LogP contribution in [0.2, 0.25) is 0 Å². The average molecular weight is 241 g/mol. The maximum absolute atomic E-state index is 13.2. The molecule has 0 spiro atoms. The molecule has 0 fully saturated rings. The van der Waals surface area contributed by atoms with Gasteiger partial charge in [-0.15, -0.1) is 0 Å². The summed E-state index contributed by atoms with van der Waals surface area (Å²) in [6.45, 7) is 4.32. The van der Waals surface area contributed by atoms with Crippen molar-refractivity contribution >= 4 is 5.69 Å². The second-order valence-electron chi connectivity index (χ2n) is 4.13. The van der Waals surface area contributed by atoms with E-state index >= 15 is 0 Å². The molecule has 1 rings (SSSR count). The molecule has 2 N–H and O–H groups in total. The van der Waals surface area contributed by atoms with E-state index in [2.05, 4.69) is 5.32 Å². The summed E-state index contributed by atoms with van der Waals surface area (Å²) in [4.78, 5) is 0.